The Labute approximate surface area is 115 Å². The van der Waals surface area contributed by atoms with Crippen molar-refractivity contribution >= 4 is 22.3 Å². The first-order chi connectivity index (χ1) is 6.92. The van der Waals surface area contributed by atoms with Crippen molar-refractivity contribution in [1.29, 1.82) is 0 Å². The van der Waals surface area contributed by atoms with Crippen LogP contribution in [0.25, 0.3) is 0 Å². The Bertz CT molecular complexity index is 161. The van der Waals surface area contributed by atoms with Gasteiger partial charge in [-0.3, -0.25) is 0 Å². The van der Waals surface area contributed by atoms with E-state index >= 15 is 0 Å². The molecule has 0 bridgehead atoms. The van der Waals surface area contributed by atoms with Gasteiger partial charge in [0, 0.05) is 11.4 Å². The zero-order valence-corrected chi connectivity index (χ0v) is 12.9. The monoisotopic (exact) mass is 262 g/mol. The Kier molecular flexibility index (Phi) is 18.0. The Balaban J connectivity index is -0.000000377. The number of carbonyl (C=O) groups is 1. The van der Waals surface area contributed by atoms with Crippen LogP contribution in [0.4, 0.5) is 0 Å². The van der Waals surface area contributed by atoms with Gasteiger partial charge in [-0.2, -0.15) is 0 Å². The molecule has 0 heterocycles. The van der Waals surface area contributed by atoms with Gasteiger partial charge in [-0.05, 0) is 6.42 Å². The summed E-state index contributed by atoms with van der Waals surface area (Å²) < 4.78 is 0. The molecule has 0 radical (unpaired) electrons. The fourth-order valence-electron chi connectivity index (χ4n) is 1.10. The van der Waals surface area contributed by atoms with Crippen molar-refractivity contribution in [3.8, 4) is 0 Å². The Morgan fingerprint density at radius 1 is 1.19 bits per heavy atom. The van der Waals surface area contributed by atoms with Crippen molar-refractivity contribution in [3.05, 3.63) is 0 Å². The molecule has 94 valence electrons. The van der Waals surface area contributed by atoms with Crippen molar-refractivity contribution in [2.75, 3.05) is 0 Å². The number of carboxylic acid groups (broad SMARTS) is 1. The van der Waals surface area contributed by atoms with Crippen LogP contribution >= 0.6 is 0 Å². The number of rotatable bonds is 6. The van der Waals surface area contributed by atoms with E-state index in [0.29, 0.717) is 0 Å². The molecule has 0 aromatic heterocycles. The zero-order valence-electron chi connectivity index (χ0n) is 11.0. The summed E-state index contributed by atoms with van der Waals surface area (Å²) in [6.45, 7) is 7.69. The van der Waals surface area contributed by atoms with Gasteiger partial charge in [-0.15, -0.1) is 0 Å². The number of carboxylic acids is 1. The number of hydrogen-bond acceptors (Lipinski definition) is 2. The smallest absolute Gasteiger partial charge is 1.00 e. The van der Waals surface area contributed by atoms with Crippen LogP contribution in [-0.2, 0) is 4.79 Å². The maximum atomic E-state index is 10.6. The number of carbonyl (C=O) groups excluding carboxylic acids is 1. The third-order valence-corrected chi connectivity index (χ3v) is 2.21. The van der Waals surface area contributed by atoms with Gasteiger partial charge in [0.15, 0.2) is 0 Å². The van der Waals surface area contributed by atoms with Crippen molar-refractivity contribution < 1.29 is 22.3 Å². The molecular formula is C12H24AlClO2. The maximum absolute atomic E-state index is 10.6. The second-order valence-corrected chi connectivity index (χ2v) is 5.21. The Hall–Kier alpha value is 0.292. The predicted octanol–water partition coefficient (Wildman–Crippen LogP) is -0.670. The van der Waals surface area contributed by atoms with Gasteiger partial charge in [-0.1, -0.05) is 46.5 Å². The topological polar surface area (TPSA) is 40.1 Å². The van der Waals surface area contributed by atoms with E-state index in [-0.39, 0.29) is 12.4 Å². The molecule has 0 spiro atoms. The SMILES string of the molecule is CCCCCCC(C)(C)C(=O)[O-].C[CH2][Al+2].[Cl-]. The largest absolute Gasteiger partial charge is 1.00 e. The predicted molar refractivity (Wildman–Crippen MR) is 63.8 cm³/mol. The molecule has 16 heavy (non-hydrogen) atoms. The summed E-state index contributed by atoms with van der Waals surface area (Å²) in [7, 11) is 0. The van der Waals surface area contributed by atoms with E-state index in [2.05, 4.69) is 30.1 Å². The van der Waals surface area contributed by atoms with Gasteiger partial charge >= 0.3 is 28.5 Å². The van der Waals surface area contributed by atoms with Gasteiger partial charge in [0.1, 0.15) is 0 Å². The Morgan fingerprint density at radius 3 is 1.94 bits per heavy atom. The van der Waals surface area contributed by atoms with Crippen LogP contribution in [-0.4, -0.2) is 22.3 Å². The first kappa shape index (κ1) is 21.6. The maximum Gasteiger partial charge on any atom is -1.00 e. The van der Waals surface area contributed by atoms with Gasteiger partial charge in [0.05, 0.1) is 0 Å². The molecule has 0 amide bonds. The second-order valence-electron chi connectivity index (χ2n) is 4.39. The summed E-state index contributed by atoms with van der Waals surface area (Å²) in [6.07, 6.45) is 5.24. The van der Waals surface area contributed by atoms with E-state index in [0.717, 1.165) is 19.3 Å². The Morgan fingerprint density at radius 2 is 1.62 bits per heavy atom. The van der Waals surface area contributed by atoms with Gasteiger partial charge in [-0.25, -0.2) is 0 Å². The number of hydrogen-bond donors (Lipinski definition) is 0. The first-order valence-corrected chi connectivity index (χ1v) is 6.65. The molecular weight excluding hydrogens is 239 g/mol. The summed E-state index contributed by atoms with van der Waals surface area (Å²) >= 11 is 2.58. The van der Waals surface area contributed by atoms with E-state index in [9.17, 15) is 9.90 Å². The molecule has 0 N–H and O–H groups in total. The van der Waals surface area contributed by atoms with Crippen molar-refractivity contribution in [2.45, 2.75) is 65.1 Å². The van der Waals surface area contributed by atoms with E-state index in [1.807, 2.05) is 0 Å². The quantitative estimate of drug-likeness (QED) is 0.471. The minimum absolute atomic E-state index is 0. The molecule has 0 aromatic carbocycles. The van der Waals surface area contributed by atoms with Crippen LogP contribution in [0.15, 0.2) is 0 Å². The average Bonchev–Trinajstić information content (AvgIpc) is 2.13. The van der Waals surface area contributed by atoms with E-state index in [1.54, 1.807) is 13.8 Å². The second kappa shape index (κ2) is 13.4. The molecule has 2 nitrogen and oxygen atoms in total. The minimum Gasteiger partial charge on any atom is -1.00 e. The molecule has 0 fully saturated rings. The average molecular weight is 263 g/mol. The number of unbranched alkanes of at least 4 members (excludes halogenated alkanes) is 3. The van der Waals surface area contributed by atoms with Crippen molar-refractivity contribution in [2.24, 2.45) is 5.41 Å². The standard InChI is InChI=1S/C10H20O2.C2H5.Al.ClH/c1-4-5-6-7-8-10(2,3)9(11)12;1-2;;/h4-8H2,1-3H3,(H,11,12);1H2,2H3;;1H/q;;+2;/p-2. The third-order valence-electron chi connectivity index (χ3n) is 2.21. The molecule has 0 aromatic rings. The van der Waals surface area contributed by atoms with Crippen LogP contribution in [0.3, 0.4) is 0 Å². The molecule has 0 saturated heterocycles. The molecule has 0 aliphatic carbocycles. The third kappa shape index (κ3) is 14.3. The van der Waals surface area contributed by atoms with Gasteiger partial charge in [0.2, 0.25) is 0 Å². The van der Waals surface area contributed by atoms with E-state index in [4.69, 9.17) is 0 Å². The minimum atomic E-state index is -0.931. The van der Waals surface area contributed by atoms with Gasteiger partial charge < -0.3 is 22.3 Å². The van der Waals surface area contributed by atoms with E-state index in [1.165, 1.54) is 18.1 Å². The van der Waals surface area contributed by atoms with Gasteiger partial charge in [0.25, 0.3) is 0 Å². The van der Waals surface area contributed by atoms with E-state index < -0.39 is 11.4 Å². The summed E-state index contributed by atoms with van der Waals surface area (Å²) in [5, 5.41) is 11.7. The fourth-order valence-corrected chi connectivity index (χ4v) is 1.10. The summed E-state index contributed by atoms with van der Waals surface area (Å²) in [6, 6.07) is 0. The zero-order chi connectivity index (χ0) is 12.3. The summed E-state index contributed by atoms with van der Waals surface area (Å²) in [5.41, 5.74) is -0.645. The van der Waals surface area contributed by atoms with Crippen LogP contribution in [0, 0.1) is 5.41 Å². The molecule has 0 saturated carbocycles. The molecule has 0 rings (SSSR count). The van der Waals surface area contributed by atoms with Crippen molar-refractivity contribution in [1.82, 2.24) is 0 Å². The number of aliphatic carboxylic acids is 1. The molecule has 0 atom stereocenters. The van der Waals surface area contributed by atoms with Crippen LogP contribution in [0.1, 0.15) is 59.8 Å². The number of halogens is 1. The normalized spacial score (nSPS) is 9.88. The molecule has 0 aliphatic rings. The first-order valence-electron chi connectivity index (χ1n) is 5.83. The summed E-state index contributed by atoms with van der Waals surface area (Å²) in [5.74, 6) is -0.931. The van der Waals surface area contributed by atoms with Crippen molar-refractivity contribution in [3.63, 3.8) is 0 Å². The van der Waals surface area contributed by atoms with Crippen LogP contribution in [0.2, 0.25) is 5.28 Å². The molecule has 0 unspecified atom stereocenters. The molecule has 4 heteroatoms. The van der Waals surface area contributed by atoms with Crippen LogP contribution < -0.4 is 17.5 Å². The molecule has 0 aliphatic heterocycles. The fraction of sp³-hybridized carbons (Fsp3) is 0.917. The van der Waals surface area contributed by atoms with Crippen LogP contribution in [0.5, 0.6) is 0 Å². The summed E-state index contributed by atoms with van der Waals surface area (Å²) in [4.78, 5) is 10.6.